The van der Waals surface area contributed by atoms with E-state index >= 15 is 0 Å². The number of hydrogen-bond acceptors (Lipinski definition) is 11. The summed E-state index contributed by atoms with van der Waals surface area (Å²) in [6.07, 6.45) is -10.7. The van der Waals surface area contributed by atoms with Crippen molar-refractivity contribution in [2.45, 2.75) is 67.5 Å². The Labute approximate surface area is 136 Å². The largest absolute Gasteiger partial charge is 0.457 e. The van der Waals surface area contributed by atoms with Gasteiger partial charge in [0.2, 0.25) is 0 Å². The van der Waals surface area contributed by atoms with Crippen LogP contribution >= 0.6 is 0 Å². The Bertz CT molecular complexity index is 514. The summed E-state index contributed by atoms with van der Waals surface area (Å²) in [7, 11) is 0. The zero-order chi connectivity index (χ0) is 17.8. The molecular weight excluding hydrogens is 328 g/mol. The quantitative estimate of drug-likeness (QED) is 0.240. The Hall–Kier alpha value is -1.05. The molecule has 3 rings (SSSR count). The zero-order valence-corrected chi connectivity index (χ0v) is 12.8. The van der Waals surface area contributed by atoms with Gasteiger partial charge in [0.05, 0.1) is 6.61 Å². The van der Waals surface area contributed by atoms with Gasteiger partial charge in [-0.25, -0.2) is 4.99 Å². The number of aliphatic hydroxyl groups excluding tert-OH is 6. The fourth-order valence-electron chi connectivity index (χ4n) is 3.26. The number of nitrogens with zero attached hydrogens (tertiary/aromatic N) is 1. The van der Waals surface area contributed by atoms with Crippen molar-refractivity contribution in [3.8, 4) is 0 Å². The molecule has 0 aromatic carbocycles. The van der Waals surface area contributed by atoms with E-state index in [2.05, 4.69) is 10.3 Å². The summed E-state index contributed by atoms with van der Waals surface area (Å²) in [5.74, 6) is 0. The van der Waals surface area contributed by atoms with Gasteiger partial charge >= 0.3 is 0 Å². The second kappa shape index (κ2) is 6.04. The Kier molecular flexibility index (Phi) is 4.47. The molecule has 0 amide bonds. The molecule has 11 nitrogen and oxygen atoms in total. The smallest absolute Gasteiger partial charge is 0.287 e. The molecule has 2 aliphatic heterocycles. The van der Waals surface area contributed by atoms with Crippen molar-refractivity contribution in [2.75, 3.05) is 6.61 Å². The summed E-state index contributed by atoms with van der Waals surface area (Å²) < 4.78 is 10.6. The minimum absolute atomic E-state index is 0.166. The van der Waals surface area contributed by atoms with Crippen molar-refractivity contribution in [1.82, 2.24) is 5.32 Å². The third kappa shape index (κ3) is 2.57. The number of aliphatic hydroxyl groups is 7. The van der Waals surface area contributed by atoms with Crippen LogP contribution in [0.1, 0.15) is 6.92 Å². The average molecular weight is 350 g/mol. The maximum Gasteiger partial charge on any atom is 0.287 e. The molecule has 0 spiro atoms. The lowest BCUT2D eigenvalue weighted by Crippen LogP contribution is -2.63. The lowest BCUT2D eigenvalue weighted by atomic mass is 9.98. The van der Waals surface area contributed by atoms with E-state index in [0.717, 1.165) is 0 Å². The molecule has 2 fully saturated rings. The van der Waals surface area contributed by atoms with Gasteiger partial charge in [0.15, 0.2) is 12.3 Å². The molecule has 0 aromatic heterocycles. The lowest BCUT2D eigenvalue weighted by molar-refractivity contribution is -0.233. The Balaban J connectivity index is 1.72. The van der Waals surface area contributed by atoms with Crippen LogP contribution in [-0.4, -0.2) is 109 Å². The summed E-state index contributed by atoms with van der Waals surface area (Å²) in [6, 6.07) is -1.10. The SMILES string of the molecule is C[C@]1(O)[C@@H]2N=C(N[C@H]3O[C@H](CO)[C@@H](O)[C@H](O)[C@H]3O)O[C@@H]2[C@@H](O)[C@@H]1O. The first kappa shape index (κ1) is 17.8. The average Bonchev–Trinajstić information content (AvgIpc) is 3.03. The Morgan fingerprint density at radius 3 is 2.33 bits per heavy atom. The van der Waals surface area contributed by atoms with Crippen molar-refractivity contribution in [3.05, 3.63) is 0 Å². The number of hydrogen-bond donors (Lipinski definition) is 8. The van der Waals surface area contributed by atoms with E-state index in [0.29, 0.717) is 0 Å². The molecule has 0 aromatic rings. The summed E-state index contributed by atoms with van der Waals surface area (Å²) in [4.78, 5) is 4.04. The van der Waals surface area contributed by atoms with E-state index in [1.54, 1.807) is 0 Å². The highest BCUT2D eigenvalue weighted by Crippen LogP contribution is 2.38. The first-order valence-electron chi connectivity index (χ1n) is 7.58. The van der Waals surface area contributed by atoms with Gasteiger partial charge in [0.25, 0.3) is 6.02 Å². The predicted molar refractivity (Wildman–Crippen MR) is 75.6 cm³/mol. The van der Waals surface area contributed by atoms with E-state index in [9.17, 15) is 30.6 Å². The maximum atomic E-state index is 10.2. The van der Waals surface area contributed by atoms with Gasteiger partial charge in [-0.2, -0.15) is 0 Å². The van der Waals surface area contributed by atoms with Gasteiger partial charge < -0.3 is 50.5 Å². The topological polar surface area (TPSA) is 184 Å². The molecule has 2 heterocycles. The molecule has 3 aliphatic rings. The van der Waals surface area contributed by atoms with Gasteiger partial charge in [-0.05, 0) is 6.92 Å². The molecule has 11 heteroatoms. The normalized spacial score (nSPS) is 54.2. The second-order valence-electron chi connectivity index (χ2n) is 6.52. The second-order valence-corrected chi connectivity index (χ2v) is 6.52. The number of rotatable bonds is 2. The summed E-state index contributed by atoms with van der Waals surface area (Å²) in [5, 5.41) is 71.0. The standard InChI is InChI=1S/C13H22N2O9/c1-13(22)9-8(7(20)10(13)21)24-12(14-9)15-11-6(19)5(18)4(17)3(2-16)23-11/h3-11,16-22H,2H2,1H3,(H,14,15)/t3-,4-,5+,6-,7-,8-,9-,10+,11+,13+/m1/s1. The van der Waals surface area contributed by atoms with Crippen molar-refractivity contribution >= 4 is 6.02 Å². The van der Waals surface area contributed by atoms with Gasteiger partial charge in [0, 0.05) is 0 Å². The van der Waals surface area contributed by atoms with Crippen LogP contribution in [0.5, 0.6) is 0 Å². The summed E-state index contributed by atoms with van der Waals surface area (Å²) in [5.41, 5.74) is -1.71. The molecule has 0 radical (unpaired) electrons. The third-order valence-corrected chi connectivity index (χ3v) is 4.83. The molecule has 10 atom stereocenters. The minimum Gasteiger partial charge on any atom is -0.457 e. The van der Waals surface area contributed by atoms with Crippen molar-refractivity contribution in [1.29, 1.82) is 0 Å². The molecule has 0 bridgehead atoms. The summed E-state index contributed by atoms with van der Waals surface area (Å²) >= 11 is 0. The third-order valence-electron chi connectivity index (χ3n) is 4.83. The first-order chi connectivity index (χ1) is 11.2. The molecular formula is C13H22N2O9. The number of fused-ring (bicyclic) bond motifs is 1. The Morgan fingerprint density at radius 2 is 1.75 bits per heavy atom. The minimum atomic E-state index is -1.71. The van der Waals surface area contributed by atoms with E-state index < -0.39 is 67.2 Å². The Morgan fingerprint density at radius 1 is 1.08 bits per heavy atom. The van der Waals surface area contributed by atoms with Crippen LogP contribution < -0.4 is 5.32 Å². The number of ether oxygens (including phenoxy) is 2. The molecule has 1 saturated heterocycles. The highest BCUT2D eigenvalue weighted by molar-refractivity contribution is 5.76. The zero-order valence-electron chi connectivity index (χ0n) is 12.8. The number of aliphatic imine (C=N–C) groups is 1. The number of amidine groups is 1. The van der Waals surface area contributed by atoms with Crippen LogP contribution in [0.4, 0.5) is 0 Å². The van der Waals surface area contributed by atoms with Crippen LogP contribution in [0.15, 0.2) is 4.99 Å². The predicted octanol–water partition coefficient (Wildman–Crippen LogP) is -5.01. The monoisotopic (exact) mass is 350 g/mol. The van der Waals surface area contributed by atoms with E-state index in [1.165, 1.54) is 6.92 Å². The number of nitrogens with one attached hydrogen (secondary N) is 1. The summed E-state index contributed by atoms with van der Waals surface area (Å²) in [6.45, 7) is 0.733. The van der Waals surface area contributed by atoms with Gasteiger partial charge in [-0.3, -0.25) is 0 Å². The van der Waals surface area contributed by atoms with Crippen LogP contribution in [0, 0.1) is 0 Å². The van der Waals surface area contributed by atoms with Crippen LogP contribution in [0.3, 0.4) is 0 Å². The fraction of sp³-hybridized carbons (Fsp3) is 0.923. The van der Waals surface area contributed by atoms with E-state index in [1.807, 2.05) is 0 Å². The maximum absolute atomic E-state index is 10.2. The van der Waals surface area contributed by atoms with Gasteiger partial charge in [0.1, 0.15) is 48.3 Å². The van der Waals surface area contributed by atoms with Gasteiger partial charge in [-0.15, -0.1) is 0 Å². The molecule has 0 unspecified atom stereocenters. The van der Waals surface area contributed by atoms with Crippen LogP contribution in [-0.2, 0) is 9.47 Å². The first-order valence-corrected chi connectivity index (χ1v) is 7.58. The molecule has 24 heavy (non-hydrogen) atoms. The van der Waals surface area contributed by atoms with Crippen LogP contribution in [0.2, 0.25) is 0 Å². The highest BCUT2D eigenvalue weighted by Gasteiger charge is 2.61. The highest BCUT2D eigenvalue weighted by atomic mass is 16.6. The lowest BCUT2D eigenvalue weighted by Gasteiger charge is -2.40. The molecule has 1 saturated carbocycles. The fourth-order valence-corrected chi connectivity index (χ4v) is 3.26. The van der Waals surface area contributed by atoms with Crippen molar-refractivity contribution in [2.24, 2.45) is 4.99 Å². The van der Waals surface area contributed by atoms with Crippen molar-refractivity contribution < 1.29 is 45.2 Å². The van der Waals surface area contributed by atoms with E-state index in [4.69, 9.17) is 14.6 Å². The van der Waals surface area contributed by atoms with Gasteiger partial charge in [-0.1, -0.05) is 0 Å². The van der Waals surface area contributed by atoms with Crippen molar-refractivity contribution in [3.63, 3.8) is 0 Å². The molecule has 8 N–H and O–H groups in total. The molecule has 138 valence electrons. The van der Waals surface area contributed by atoms with Crippen LogP contribution in [0.25, 0.3) is 0 Å². The molecule has 1 aliphatic carbocycles. The van der Waals surface area contributed by atoms with E-state index in [-0.39, 0.29) is 6.02 Å².